The van der Waals surface area contributed by atoms with Crippen molar-refractivity contribution in [3.63, 3.8) is 0 Å². The number of carbonyl (C=O) groups excluding carboxylic acids is 2. The molecule has 38 heavy (non-hydrogen) atoms. The summed E-state index contributed by atoms with van der Waals surface area (Å²) in [4.78, 5) is 30.5. The number of anilines is 1. The normalized spacial score (nSPS) is 12.0. The van der Waals surface area contributed by atoms with E-state index in [0.29, 0.717) is 22.9 Å². The number of benzene rings is 3. The summed E-state index contributed by atoms with van der Waals surface area (Å²) in [6.45, 7) is 11.7. The van der Waals surface area contributed by atoms with Gasteiger partial charge < -0.3 is 5.32 Å². The van der Waals surface area contributed by atoms with Gasteiger partial charge in [-0.25, -0.2) is 10.4 Å². The van der Waals surface area contributed by atoms with Crippen molar-refractivity contribution in [2.75, 3.05) is 5.32 Å². The van der Waals surface area contributed by atoms with Crippen LogP contribution in [0, 0.1) is 5.41 Å². The minimum atomic E-state index is -0.504. The molecule has 2 N–H and O–H groups in total. The van der Waals surface area contributed by atoms with Crippen molar-refractivity contribution in [3.8, 4) is 11.3 Å². The second-order valence-electron chi connectivity index (χ2n) is 10.8. The number of aromatic nitrogens is 1. The van der Waals surface area contributed by atoms with Gasteiger partial charge in [-0.3, -0.25) is 9.59 Å². The van der Waals surface area contributed by atoms with E-state index in [1.807, 2.05) is 94.4 Å². The Morgan fingerprint density at radius 1 is 0.895 bits per heavy atom. The van der Waals surface area contributed by atoms with E-state index >= 15 is 0 Å². The molecule has 4 rings (SSSR count). The zero-order chi connectivity index (χ0) is 27.4. The molecule has 0 radical (unpaired) electrons. The van der Waals surface area contributed by atoms with E-state index in [1.165, 1.54) is 5.56 Å². The Hall–Kier alpha value is -4.32. The molecule has 4 aromatic rings. The van der Waals surface area contributed by atoms with E-state index in [2.05, 4.69) is 41.8 Å². The molecule has 2 amide bonds. The van der Waals surface area contributed by atoms with Gasteiger partial charge in [-0.05, 0) is 48.2 Å². The molecule has 0 bridgehead atoms. The summed E-state index contributed by atoms with van der Waals surface area (Å²) in [6.07, 6.45) is 0. The number of amides is 2. The third-order valence-electron chi connectivity index (χ3n) is 6.38. The van der Waals surface area contributed by atoms with Crippen LogP contribution < -0.4 is 10.7 Å². The lowest BCUT2D eigenvalue weighted by Crippen LogP contribution is -2.27. The molecule has 0 saturated carbocycles. The van der Waals surface area contributed by atoms with Gasteiger partial charge in [-0.1, -0.05) is 89.2 Å². The molecular weight excluding hydrogens is 472 g/mol. The molecule has 194 valence electrons. The molecule has 6 heteroatoms. The van der Waals surface area contributed by atoms with Crippen LogP contribution in [0.3, 0.4) is 0 Å². The number of nitrogens with one attached hydrogen (secondary N) is 2. The lowest BCUT2D eigenvalue weighted by atomic mass is 9.95. The summed E-state index contributed by atoms with van der Waals surface area (Å²) < 4.78 is 0. The van der Waals surface area contributed by atoms with E-state index in [-0.39, 0.29) is 11.8 Å². The first-order valence-electron chi connectivity index (χ1n) is 12.8. The Labute approximate surface area is 224 Å². The fourth-order valence-corrected chi connectivity index (χ4v) is 3.95. The standard InChI is InChI=1S/C32H34N4O2/c1-20(2)22-14-16-23(17-15-22)29-19-27(26-12-7-8-13-28(26)34-29)30(37)36-35-21(3)24-10-9-11-25(18-24)33-31(38)32(4,5)6/h7-20H,1-6H3,(H,33,38)(H,36,37)/b35-21-. The van der Waals surface area contributed by atoms with Crippen molar-refractivity contribution in [1.82, 2.24) is 10.4 Å². The average Bonchev–Trinajstić information content (AvgIpc) is 2.90. The molecule has 0 aliphatic carbocycles. The van der Waals surface area contributed by atoms with E-state index < -0.39 is 5.41 Å². The van der Waals surface area contributed by atoms with E-state index in [1.54, 1.807) is 0 Å². The summed E-state index contributed by atoms with van der Waals surface area (Å²) >= 11 is 0. The molecule has 3 aromatic carbocycles. The highest BCUT2D eigenvalue weighted by atomic mass is 16.2. The second kappa shape index (κ2) is 11.0. The van der Waals surface area contributed by atoms with Crippen LogP contribution in [-0.2, 0) is 4.79 Å². The Morgan fingerprint density at radius 2 is 1.61 bits per heavy atom. The first-order valence-corrected chi connectivity index (χ1v) is 12.8. The minimum Gasteiger partial charge on any atom is -0.326 e. The van der Waals surface area contributed by atoms with Gasteiger partial charge in [0.2, 0.25) is 5.91 Å². The van der Waals surface area contributed by atoms with Crippen LogP contribution in [0.1, 0.15) is 68.9 Å². The van der Waals surface area contributed by atoms with Gasteiger partial charge in [0, 0.05) is 22.1 Å². The monoisotopic (exact) mass is 506 g/mol. The number of carbonyl (C=O) groups is 2. The number of nitrogens with zero attached hydrogens (tertiary/aromatic N) is 2. The van der Waals surface area contributed by atoms with Gasteiger partial charge in [0.15, 0.2) is 0 Å². The smallest absolute Gasteiger partial charge is 0.272 e. The Bertz CT molecular complexity index is 1510. The maximum Gasteiger partial charge on any atom is 0.272 e. The zero-order valence-corrected chi connectivity index (χ0v) is 22.8. The predicted molar refractivity (Wildman–Crippen MR) is 155 cm³/mol. The average molecular weight is 507 g/mol. The van der Waals surface area contributed by atoms with Crippen molar-refractivity contribution in [3.05, 3.63) is 95.6 Å². The highest BCUT2D eigenvalue weighted by Crippen LogP contribution is 2.26. The SMILES string of the molecule is C/C(=N/NC(=O)c1cc(-c2ccc(C(C)C)cc2)nc2ccccc12)c1cccc(NC(=O)C(C)(C)C)c1. The van der Waals surface area contributed by atoms with Gasteiger partial charge >= 0.3 is 0 Å². The quantitative estimate of drug-likeness (QED) is 0.215. The van der Waals surface area contributed by atoms with Gasteiger partial charge in [0.05, 0.1) is 22.5 Å². The van der Waals surface area contributed by atoms with Gasteiger partial charge in [-0.15, -0.1) is 0 Å². The van der Waals surface area contributed by atoms with Crippen LogP contribution in [0.15, 0.2) is 84.0 Å². The van der Waals surface area contributed by atoms with Gasteiger partial charge in [0.25, 0.3) is 5.91 Å². The number of rotatable bonds is 6. The summed E-state index contributed by atoms with van der Waals surface area (Å²) in [6, 6.07) is 25.1. The number of hydrogen-bond acceptors (Lipinski definition) is 4. The summed E-state index contributed by atoms with van der Waals surface area (Å²) in [5, 5.41) is 8.05. The number of hydrazone groups is 1. The first kappa shape index (κ1) is 26.7. The lowest BCUT2D eigenvalue weighted by Gasteiger charge is -2.18. The third-order valence-corrected chi connectivity index (χ3v) is 6.38. The molecule has 0 saturated heterocycles. The van der Waals surface area contributed by atoms with Gasteiger partial charge in [-0.2, -0.15) is 5.10 Å². The topological polar surface area (TPSA) is 83.4 Å². The number of para-hydroxylation sites is 1. The summed E-state index contributed by atoms with van der Waals surface area (Å²) in [5.74, 6) is 0.0449. The molecule has 0 aliphatic rings. The summed E-state index contributed by atoms with van der Waals surface area (Å²) in [5.41, 5.74) is 8.46. The molecule has 0 fully saturated rings. The van der Waals surface area contributed by atoms with Crippen LogP contribution in [0.2, 0.25) is 0 Å². The molecule has 0 atom stereocenters. The van der Waals surface area contributed by atoms with Crippen molar-refractivity contribution in [1.29, 1.82) is 0 Å². The van der Waals surface area contributed by atoms with Crippen molar-refractivity contribution < 1.29 is 9.59 Å². The van der Waals surface area contributed by atoms with Gasteiger partial charge in [0.1, 0.15) is 0 Å². The van der Waals surface area contributed by atoms with Crippen LogP contribution in [-0.4, -0.2) is 22.5 Å². The number of fused-ring (bicyclic) bond motifs is 1. The Balaban J connectivity index is 1.60. The molecule has 1 aromatic heterocycles. The predicted octanol–water partition coefficient (Wildman–Crippen LogP) is 7.16. The van der Waals surface area contributed by atoms with E-state index in [0.717, 1.165) is 27.7 Å². The minimum absolute atomic E-state index is 0.0724. The molecule has 6 nitrogen and oxygen atoms in total. The highest BCUT2D eigenvalue weighted by molar-refractivity contribution is 6.08. The molecule has 1 heterocycles. The lowest BCUT2D eigenvalue weighted by molar-refractivity contribution is -0.123. The molecule has 0 aliphatic heterocycles. The van der Waals surface area contributed by atoms with E-state index in [9.17, 15) is 9.59 Å². The van der Waals surface area contributed by atoms with Crippen LogP contribution >= 0.6 is 0 Å². The second-order valence-corrected chi connectivity index (χ2v) is 10.8. The largest absolute Gasteiger partial charge is 0.326 e. The fourth-order valence-electron chi connectivity index (χ4n) is 3.95. The Morgan fingerprint density at radius 3 is 2.29 bits per heavy atom. The molecular formula is C32H34N4O2. The van der Waals surface area contributed by atoms with Crippen molar-refractivity contribution >= 4 is 34.1 Å². The zero-order valence-electron chi connectivity index (χ0n) is 22.8. The van der Waals surface area contributed by atoms with Crippen LogP contribution in [0.5, 0.6) is 0 Å². The molecule has 0 unspecified atom stereocenters. The number of hydrogen-bond donors (Lipinski definition) is 2. The maximum atomic E-state index is 13.3. The Kier molecular flexibility index (Phi) is 7.72. The van der Waals surface area contributed by atoms with Crippen LogP contribution in [0.4, 0.5) is 5.69 Å². The van der Waals surface area contributed by atoms with Crippen molar-refractivity contribution in [2.45, 2.75) is 47.5 Å². The third kappa shape index (κ3) is 6.14. The molecule has 0 spiro atoms. The van der Waals surface area contributed by atoms with Crippen LogP contribution in [0.25, 0.3) is 22.2 Å². The number of pyridine rings is 1. The van der Waals surface area contributed by atoms with Crippen molar-refractivity contribution in [2.24, 2.45) is 10.5 Å². The summed E-state index contributed by atoms with van der Waals surface area (Å²) in [7, 11) is 0. The fraction of sp³-hybridized carbons (Fsp3) is 0.250. The highest BCUT2D eigenvalue weighted by Gasteiger charge is 2.21. The maximum absolute atomic E-state index is 13.3. The van der Waals surface area contributed by atoms with E-state index in [4.69, 9.17) is 4.98 Å². The first-order chi connectivity index (χ1) is 18.0.